The molecule has 0 spiro atoms. The van der Waals surface area contributed by atoms with E-state index in [1.165, 1.54) is 19.2 Å². The van der Waals surface area contributed by atoms with Gasteiger partial charge in [0.25, 0.3) is 5.91 Å². The predicted molar refractivity (Wildman–Crippen MR) is 133 cm³/mol. The fourth-order valence-electron chi connectivity index (χ4n) is 3.49. The number of amides is 1. The first-order valence-electron chi connectivity index (χ1n) is 10.5. The van der Waals surface area contributed by atoms with Gasteiger partial charge < -0.3 is 15.4 Å². The van der Waals surface area contributed by atoms with Crippen LogP contribution in [0.15, 0.2) is 83.9 Å². The Morgan fingerprint density at radius 3 is 2.47 bits per heavy atom. The number of fused-ring (bicyclic) bond motifs is 1. The molecule has 0 unspecified atom stereocenters. The number of sulfonamides is 1. The van der Waals surface area contributed by atoms with E-state index in [9.17, 15) is 13.2 Å². The van der Waals surface area contributed by atoms with Crippen LogP contribution in [0.5, 0.6) is 5.75 Å². The van der Waals surface area contributed by atoms with Crippen molar-refractivity contribution >= 4 is 38.2 Å². The molecule has 0 aliphatic heterocycles. The van der Waals surface area contributed by atoms with Gasteiger partial charge in [-0.15, -0.1) is 0 Å². The minimum atomic E-state index is -3.78. The first-order valence-corrected chi connectivity index (χ1v) is 12.0. The summed E-state index contributed by atoms with van der Waals surface area (Å²) in [5, 5.41) is 7.03. The molecule has 174 valence electrons. The summed E-state index contributed by atoms with van der Waals surface area (Å²) >= 11 is 0. The van der Waals surface area contributed by atoms with Gasteiger partial charge in [0.2, 0.25) is 10.0 Å². The van der Waals surface area contributed by atoms with Crippen molar-refractivity contribution in [2.45, 2.75) is 11.4 Å². The maximum absolute atomic E-state index is 12.9. The molecule has 0 saturated heterocycles. The highest BCUT2D eigenvalue weighted by molar-refractivity contribution is 7.89. The van der Waals surface area contributed by atoms with E-state index < -0.39 is 15.9 Å². The number of hydrogen-bond donors (Lipinski definition) is 3. The van der Waals surface area contributed by atoms with Gasteiger partial charge in [-0.2, -0.15) is 0 Å². The first kappa shape index (κ1) is 23.2. The largest absolute Gasteiger partial charge is 0.497 e. The maximum atomic E-state index is 12.9. The second-order valence-corrected chi connectivity index (χ2v) is 9.37. The summed E-state index contributed by atoms with van der Waals surface area (Å²) in [7, 11) is -0.888. The van der Waals surface area contributed by atoms with Gasteiger partial charge in [0.05, 0.1) is 17.5 Å². The highest BCUT2D eigenvalue weighted by atomic mass is 32.2. The lowest BCUT2D eigenvalue weighted by Crippen LogP contribution is -2.20. The van der Waals surface area contributed by atoms with E-state index in [1.807, 2.05) is 30.3 Å². The van der Waals surface area contributed by atoms with Crippen molar-refractivity contribution in [3.63, 3.8) is 0 Å². The molecule has 1 heterocycles. The molecule has 4 aromatic rings. The van der Waals surface area contributed by atoms with Crippen molar-refractivity contribution < 1.29 is 17.9 Å². The SMILES string of the molecule is CNS(=O)(=O)c1cc(NCc2cccc3cccnc23)cc(C(=O)Nc2ccc(OC)cc2)c1. The van der Waals surface area contributed by atoms with Gasteiger partial charge in [0.15, 0.2) is 0 Å². The summed E-state index contributed by atoms with van der Waals surface area (Å²) in [6.45, 7) is 0.400. The van der Waals surface area contributed by atoms with Crippen molar-refractivity contribution in [2.75, 3.05) is 24.8 Å². The number of benzene rings is 3. The smallest absolute Gasteiger partial charge is 0.255 e. The quantitative estimate of drug-likeness (QED) is 0.354. The third-order valence-corrected chi connectivity index (χ3v) is 6.69. The topological polar surface area (TPSA) is 109 Å². The van der Waals surface area contributed by atoms with Crippen LogP contribution >= 0.6 is 0 Å². The molecule has 0 aliphatic carbocycles. The lowest BCUT2D eigenvalue weighted by molar-refractivity contribution is 0.102. The molecule has 0 bridgehead atoms. The molecule has 0 radical (unpaired) electrons. The van der Waals surface area contributed by atoms with Crippen molar-refractivity contribution in [3.8, 4) is 5.75 Å². The zero-order valence-electron chi connectivity index (χ0n) is 18.7. The van der Waals surface area contributed by atoms with Crippen LogP contribution < -0.4 is 20.1 Å². The Kier molecular flexibility index (Phi) is 6.76. The Hall–Kier alpha value is -3.95. The normalized spacial score (nSPS) is 11.2. The number of carbonyl (C=O) groups is 1. The fraction of sp³-hybridized carbons (Fsp3) is 0.120. The minimum absolute atomic E-state index is 0.0177. The van der Waals surface area contributed by atoms with Gasteiger partial charge in [-0.05, 0) is 61.1 Å². The average Bonchev–Trinajstić information content (AvgIpc) is 2.87. The van der Waals surface area contributed by atoms with Crippen molar-refractivity contribution in [2.24, 2.45) is 0 Å². The van der Waals surface area contributed by atoms with Gasteiger partial charge in [0.1, 0.15) is 5.75 Å². The minimum Gasteiger partial charge on any atom is -0.497 e. The van der Waals surface area contributed by atoms with E-state index in [2.05, 4.69) is 20.3 Å². The highest BCUT2D eigenvalue weighted by Crippen LogP contribution is 2.23. The number of ether oxygens (including phenoxy) is 1. The molecule has 0 saturated carbocycles. The first-order chi connectivity index (χ1) is 16.4. The van der Waals surface area contributed by atoms with Gasteiger partial charge in [-0.1, -0.05) is 24.3 Å². The molecular weight excluding hydrogens is 452 g/mol. The number of anilines is 2. The number of para-hydroxylation sites is 1. The van der Waals surface area contributed by atoms with Crippen molar-refractivity contribution in [1.29, 1.82) is 0 Å². The number of nitrogens with one attached hydrogen (secondary N) is 3. The molecule has 4 rings (SSSR count). The Bertz CT molecular complexity index is 1430. The number of nitrogens with zero attached hydrogens (tertiary/aromatic N) is 1. The summed E-state index contributed by atoms with van der Waals surface area (Å²) in [5.41, 5.74) is 3.05. The lowest BCUT2D eigenvalue weighted by atomic mass is 10.1. The Morgan fingerprint density at radius 2 is 1.74 bits per heavy atom. The van der Waals surface area contributed by atoms with Crippen LogP contribution in [0.4, 0.5) is 11.4 Å². The average molecular weight is 477 g/mol. The Morgan fingerprint density at radius 1 is 0.971 bits per heavy atom. The molecule has 0 fully saturated rings. The van der Waals surface area contributed by atoms with Crippen LogP contribution in [-0.2, 0) is 16.6 Å². The highest BCUT2D eigenvalue weighted by Gasteiger charge is 2.17. The van der Waals surface area contributed by atoms with E-state index in [1.54, 1.807) is 43.6 Å². The number of methoxy groups -OCH3 is 1. The van der Waals surface area contributed by atoms with Gasteiger partial charge in [-0.25, -0.2) is 13.1 Å². The summed E-state index contributed by atoms with van der Waals surface area (Å²) in [6.07, 6.45) is 1.73. The number of aromatic nitrogens is 1. The molecule has 0 atom stereocenters. The Labute approximate surface area is 198 Å². The third kappa shape index (κ3) is 5.16. The molecule has 8 nitrogen and oxygen atoms in total. The summed E-state index contributed by atoms with van der Waals surface area (Å²) in [4.78, 5) is 17.4. The van der Waals surface area contributed by atoms with E-state index >= 15 is 0 Å². The number of pyridine rings is 1. The van der Waals surface area contributed by atoms with E-state index in [0.717, 1.165) is 16.5 Å². The monoisotopic (exact) mass is 476 g/mol. The molecule has 9 heteroatoms. The number of carbonyl (C=O) groups excluding carboxylic acids is 1. The predicted octanol–water partition coefficient (Wildman–Crippen LogP) is 4.02. The van der Waals surface area contributed by atoms with Gasteiger partial charge in [0, 0.05) is 35.1 Å². The van der Waals surface area contributed by atoms with E-state index in [-0.39, 0.29) is 10.5 Å². The maximum Gasteiger partial charge on any atom is 0.255 e. The number of hydrogen-bond acceptors (Lipinski definition) is 6. The summed E-state index contributed by atoms with van der Waals surface area (Å²) in [6, 6.07) is 21.0. The zero-order chi connectivity index (χ0) is 24.1. The lowest BCUT2D eigenvalue weighted by Gasteiger charge is -2.13. The molecular formula is C25H24N4O4S. The molecule has 3 aromatic carbocycles. The van der Waals surface area contributed by atoms with Crippen LogP contribution in [0.3, 0.4) is 0 Å². The van der Waals surface area contributed by atoms with Crippen LogP contribution in [0.25, 0.3) is 10.9 Å². The second kappa shape index (κ2) is 9.90. The number of rotatable bonds is 8. The standard InChI is InChI=1S/C25H24N4O4S/c1-26-34(31,32)23-14-19(25(30)29-20-8-10-22(33-2)11-9-20)13-21(15-23)28-16-18-6-3-5-17-7-4-12-27-24(17)18/h3-15,26,28H,16H2,1-2H3,(H,29,30). The molecule has 0 aliphatic rings. The van der Waals surface area contributed by atoms with Gasteiger partial charge in [-0.3, -0.25) is 9.78 Å². The third-order valence-electron chi connectivity index (χ3n) is 5.29. The fourth-order valence-corrected chi connectivity index (χ4v) is 4.29. The van der Waals surface area contributed by atoms with Crippen molar-refractivity contribution in [3.05, 3.63) is 90.1 Å². The van der Waals surface area contributed by atoms with E-state index in [4.69, 9.17) is 4.74 Å². The summed E-state index contributed by atoms with van der Waals surface area (Å²) < 4.78 is 32.5. The van der Waals surface area contributed by atoms with Gasteiger partial charge >= 0.3 is 0 Å². The molecule has 1 amide bonds. The van der Waals surface area contributed by atoms with Crippen LogP contribution in [0.2, 0.25) is 0 Å². The molecule has 3 N–H and O–H groups in total. The van der Waals surface area contributed by atoms with E-state index in [0.29, 0.717) is 23.7 Å². The zero-order valence-corrected chi connectivity index (χ0v) is 19.5. The second-order valence-electron chi connectivity index (χ2n) is 7.48. The van der Waals surface area contributed by atoms with Crippen LogP contribution in [0, 0.1) is 0 Å². The molecule has 34 heavy (non-hydrogen) atoms. The van der Waals surface area contributed by atoms with Crippen LogP contribution in [-0.4, -0.2) is 33.5 Å². The molecule has 1 aromatic heterocycles. The van der Waals surface area contributed by atoms with Crippen LogP contribution in [0.1, 0.15) is 15.9 Å². The summed E-state index contributed by atoms with van der Waals surface area (Å²) in [5.74, 6) is 0.225. The Balaban J connectivity index is 1.63. The van der Waals surface area contributed by atoms with Crippen molar-refractivity contribution in [1.82, 2.24) is 9.71 Å².